The first-order valence-corrected chi connectivity index (χ1v) is 8.92. The molecule has 136 valence electrons. The fourth-order valence-corrected chi connectivity index (χ4v) is 3.24. The van der Waals surface area contributed by atoms with E-state index in [4.69, 9.17) is 13.9 Å². The van der Waals surface area contributed by atoms with Crippen molar-refractivity contribution in [1.29, 1.82) is 0 Å². The van der Waals surface area contributed by atoms with Gasteiger partial charge in [0.2, 0.25) is 12.7 Å². The molecule has 1 aromatic heterocycles. The van der Waals surface area contributed by atoms with Crippen molar-refractivity contribution in [2.45, 2.75) is 38.6 Å². The Labute approximate surface area is 153 Å². The molecular formula is C21H23NO4. The molecule has 2 heterocycles. The maximum atomic E-state index is 12.3. The number of ether oxygens (including phenoxy) is 2. The van der Waals surface area contributed by atoms with Crippen molar-refractivity contribution in [3.63, 3.8) is 0 Å². The number of carbonyl (C=O) groups excluding carboxylic acids is 1. The molecule has 5 nitrogen and oxygen atoms in total. The summed E-state index contributed by atoms with van der Waals surface area (Å²) in [4.78, 5) is 12.3. The molecule has 1 aliphatic carbocycles. The minimum absolute atomic E-state index is 0.176. The summed E-state index contributed by atoms with van der Waals surface area (Å²) in [6.07, 6.45) is 4.40. The Morgan fingerprint density at radius 3 is 2.73 bits per heavy atom. The average Bonchev–Trinajstić information content (AvgIpc) is 3.03. The van der Waals surface area contributed by atoms with Crippen LogP contribution in [0.5, 0.6) is 11.5 Å². The van der Waals surface area contributed by atoms with E-state index in [1.165, 1.54) is 12.5 Å². The van der Waals surface area contributed by atoms with Gasteiger partial charge in [0.15, 0.2) is 11.5 Å². The van der Waals surface area contributed by atoms with E-state index in [-0.39, 0.29) is 12.7 Å². The molecule has 0 radical (unpaired) electrons. The predicted octanol–water partition coefficient (Wildman–Crippen LogP) is 4.20. The van der Waals surface area contributed by atoms with Gasteiger partial charge in [0.25, 0.3) is 0 Å². The van der Waals surface area contributed by atoms with Gasteiger partial charge in [0, 0.05) is 12.0 Å². The summed E-state index contributed by atoms with van der Waals surface area (Å²) >= 11 is 0. The third-order valence-electron chi connectivity index (χ3n) is 5.05. The number of hydrogen-bond acceptors (Lipinski definition) is 4. The molecule has 1 saturated carbocycles. The van der Waals surface area contributed by atoms with Crippen LogP contribution in [0, 0.1) is 5.92 Å². The van der Waals surface area contributed by atoms with Gasteiger partial charge < -0.3 is 19.2 Å². The Hall–Kier alpha value is -2.69. The summed E-state index contributed by atoms with van der Waals surface area (Å²) in [5.41, 5.74) is 0.409. The maximum absolute atomic E-state index is 12.3. The monoisotopic (exact) mass is 353 g/mol. The highest BCUT2D eigenvalue weighted by Crippen LogP contribution is 2.47. The third-order valence-corrected chi connectivity index (χ3v) is 5.05. The molecule has 0 spiro atoms. The lowest BCUT2D eigenvalue weighted by Gasteiger charge is -2.26. The lowest BCUT2D eigenvalue weighted by atomic mass is 9.94. The molecule has 2 atom stereocenters. The van der Waals surface area contributed by atoms with Crippen molar-refractivity contribution in [3.05, 3.63) is 53.5 Å². The highest BCUT2D eigenvalue weighted by Gasteiger charge is 2.36. The van der Waals surface area contributed by atoms with Gasteiger partial charge in [-0.15, -0.1) is 0 Å². The first kappa shape index (κ1) is 16.8. The lowest BCUT2D eigenvalue weighted by Crippen LogP contribution is -2.40. The van der Waals surface area contributed by atoms with E-state index in [1.807, 2.05) is 44.2 Å². The van der Waals surface area contributed by atoms with Crippen LogP contribution in [0.15, 0.2) is 40.8 Å². The molecule has 1 aliphatic heterocycles. The van der Waals surface area contributed by atoms with Crippen molar-refractivity contribution >= 4 is 12.0 Å². The molecule has 1 aromatic carbocycles. The zero-order chi connectivity index (χ0) is 18.3. The zero-order valence-corrected chi connectivity index (χ0v) is 15.2. The molecule has 1 N–H and O–H groups in total. The summed E-state index contributed by atoms with van der Waals surface area (Å²) in [6.45, 7) is 6.36. The van der Waals surface area contributed by atoms with Crippen molar-refractivity contribution in [1.82, 2.24) is 5.32 Å². The molecule has 5 heteroatoms. The van der Waals surface area contributed by atoms with Crippen LogP contribution >= 0.6 is 0 Å². The molecule has 26 heavy (non-hydrogen) atoms. The second kappa shape index (κ2) is 6.24. The first-order valence-electron chi connectivity index (χ1n) is 8.92. The average molecular weight is 353 g/mol. The number of amides is 1. The molecule has 0 saturated heterocycles. The molecule has 2 aliphatic rings. The van der Waals surface area contributed by atoms with Gasteiger partial charge in [0.05, 0.1) is 5.54 Å². The fraction of sp³-hybridized carbons (Fsp3) is 0.381. The lowest BCUT2D eigenvalue weighted by molar-refractivity contribution is -0.118. The second-order valence-electron chi connectivity index (χ2n) is 7.58. The quantitative estimate of drug-likeness (QED) is 0.819. The maximum Gasteiger partial charge on any atom is 0.244 e. The van der Waals surface area contributed by atoms with Crippen LogP contribution in [0.25, 0.3) is 6.08 Å². The van der Waals surface area contributed by atoms with Crippen LogP contribution in [0.2, 0.25) is 0 Å². The minimum atomic E-state index is -0.541. The molecule has 2 unspecified atom stereocenters. The number of rotatable bonds is 5. The Morgan fingerprint density at radius 1 is 1.19 bits per heavy atom. The Balaban J connectivity index is 1.41. The third kappa shape index (κ3) is 3.34. The number of benzene rings is 1. The van der Waals surface area contributed by atoms with Crippen molar-refractivity contribution in [2.75, 3.05) is 6.79 Å². The highest BCUT2D eigenvalue weighted by atomic mass is 16.7. The number of furan rings is 1. The molecule has 2 aromatic rings. The second-order valence-corrected chi connectivity index (χ2v) is 7.58. The van der Waals surface area contributed by atoms with Gasteiger partial charge >= 0.3 is 0 Å². The largest absolute Gasteiger partial charge is 0.461 e. The summed E-state index contributed by atoms with van der Waals surface area (Å²) in [5, 5.41) is 3.02. The molecule has 4 rings (SSSR count). The van der Waals surface area contributed by atoms with Crippen LogP contribution in [-0.4, -0.2) is 12.7 Å². The number of nitrogens with one attached hydrogen (secondary N) is 1. The topological polar surface area (TPSA) is 60.7 Å². The Bertz CT molecular complexity index is 865. The van der Waals surface area contributed by atoms with E-state index >= 15 is 0 Å². The van der Waals surface area contributed by atoms with Gasteiger partial charge in [-0.1, -0.05) is 13.0 Å². The van der Waals surface area contributed by atoms with Crippen LogP contribution in [0.1, 0.15) is 50.2 Å². The van der Waals surface area contributed by atoms with Crippen molar-refractivity contribution < 1.29 is 18.7 Å². The van der Waals surface area contributed by atoms with E-state index in [0.29, 0.717) is 23.3 Å². The molecule has 0 bridgehead atoms. The smallest absolute Gasteiger partial charge is 0.244 e. The minimum Gasteiger partial charge on any atom is -0.461 e. The summed E-state index contributed by atoms with van der Waals surface area (Å²) in [5.74, 6) is 4.21. The molecular weight excluding hydrogens is 330 g/mol. The van der Waals surface area contributed by atoms with E-state index < -0.39 is 5.54 Å². The van der Waals surface area contributed by atoms with E-state index in [2.05, 4.69) is 12.2 Å². The summed E-state index contributed by atoms with van der Waals surface area (Å²) in [7, 11) is 0. The predicted molar refractivity (Wildman–Crippen MR) is 98.0 cm³/mol. The summed E-state index contributed by atoms with van der Waals surface area (Å²) < 4.78 is 16.5. The fourth-order valence-electron chi connectivity index (χ4n) is 3.24. The number of fused-ring (bicyclic) bond motifs is 1. The van der Waals surface area contributed by atoms with Crippen LogP contribution < -0.4 is 14.8 Å². The number of carbonyl (C=O) groups is 1. The van der Waals surface area contributed by atoms with Crippen LogP contribution in [0.3, 0.4) is 0 Å². The zero-order valence-electron chi connectivity index (χ0n) is 15.2. The standard InChI is InChI=1S/C21H23NO4/c1-13-10-16(13)17-8-5-15(26-17)6-9-20(23)22-21(2,3)14-4-7-18-19(11-14)25-12-24-18/h4-9,11,13,16H,10,12H2,1-3H3,(H,22,23)/b9-6+. The van der Waals surface area contributed by atoms with Gasteiger partial charge in [-0.2, -0.15) is 0 Å². The highest BCUT2D eigenvalue weighted by molar-refractivity contribution is 5.92. The molecule has 1 amide bonds. The van der Waals surface area contributed by atoms with Gasteiger partial charge in [-0.05, 0) is 62.1 Å². The van der Waals surface area contributed by atoms with Gasteiger partial charge in [0.1, 0.15) is 11.5 Å². The normalized spacial score (nSPS) is 21.2. The van der Waals surface area contributed by atoms with Crippen LogP contribution in [0.4, 0.5) is 0 Å². The van der Waals surface area contributed by atoms with E-state index in [9.17, 15) is 4.79 Å². The first-order chi connectivity index (χ1) is 12.4. The summed E-state index contributed by atoms with van der Waals surface area (Å²) in [6, 6.07) is 9.62. The van der Waals surface area contributed by atoms with Gasteiger partial charge in [-0.3, -0.25) is 4.79 Å². The van der Waals surface area contributed by atoms with Crippen molar-refractivity contribution in [3.8, 4) is 11.5 Å². The van der Waals surface area contributed by atoms with Crippen LogP contribution in [-0.2, 0) is 10.3 Å². The Morgan fingerprint density at radius 2 is 1.96 bits per heavy atom. The Kier molecular flexibility index (Phi) is 4.02. The molecule has 1 fully saturated rings. The SMILES string of the molecule is CC1CC1c1ccc(/C=C/C(=O)NC(C)(C)c2ccc3c(c2)OCO3)o1. The van der Waals surface area contributed by atoms with Gasteiger partial charge in [-0.25, -0.2) is 0 Å². The van der Waals surface area contributed by atoms with E-state index in [0.717, 1.165) is 17.1 Å². The number of hydrogen-bond donors (Lipinski definition) is 1. The van der Waals surface area contributed by atoms with Crippen molar-refractivity contribution in [2.24, 2.45) is 5.92 Å². The van der Waals surface area contributed by atoms with E-state index in [1.54, 1.807) is 6.08 Å².